The van der Waals surface area contributed by atoms with Crippen LogP contribution in [0, 0.1) is 41.5 Å². The number of anilines is 2. The van der Waals surface area contributed by atoms with Gasteiger partial charge in [0.05, 0.1) is 17.1 Å². The quantitative estimate of drug-likeness (QED) is 0.202. The van der Waals surface area contributed by atoms with Crippen LogP contribution >= 0.6 is 55.7 Å². The van der Waals surface area contributed by atoms with Crippen molar-refractivity contribution in [2.24, 2.45) is 4.99 Å². The summed E-state index contributed by atoms with van der Waals surface area (Å²) in [6.07, 6.45) is 0. The molecular formula is C25H27I2N3P2. The number of rotatable bonds is 3. The zero-order valence-electron chi connectivity index (χ0n) is 19.2. The molecule has 3 aromatic rings. The van der Waals surface area contributed by atoms with Gasteiger partial charge in [-0.05, 0) is 119 Å². The van der Waals surface area contributed by atoms with Crippen LogP contribution in [0.5, 0.6) is 0 Å². The van der Waals surface area contributed by atoms with Gasteiger partial charge in [-0.25, -0.2) is 4.99 Å². The van der Waals surface area contributed by atoms with Crippen molar-refractivity contribution in [1.29, 1.82) is 0 Å². The zero-order valence-corrected chi connectivity index (χ0v) is 25.3. The standard InChI is InChI=1S/C25H27I2N3P2/c1-16-10-7-11-17(2)22(16)28-25-29(23-18(3)12-8-13-19(23)4)32(27)30(31(25)26)24-20(5)14-9-15-21(24)6/h7-15H,1-6H3. The van der Waals surface area contributed by atoms with Crippen LogP contribution in [-0.4, -0.2) is 5.58 Å². The molecule has 32 heavy (non-hydrogen) atoms. The lowest BCUT2D eigenvalue weighted by Gasteiger charge is -2.30. The fraction of sp³-hybridized carbons (Fsp3) is 0.240. The van der Waals surface area contributed by atoms with E-state index in [2.05, 4.69) is 149 Å². The molecule has 1 heterocycles. The molecule has 0 amide bonds. The SMILES string of the molecule is Cc1cccc(C)c1N=C1N(c2c(C)cccc2C)P(I)N(c2c(C)cccc2C)P1I. The van der Waals surface area contributed by atoms with E-state index in [9.17, 15) is 0 Å². The van der Waals surface area contributed by atoms with Gasteiger partial charge in [0.1, 0.15) is 5.71 Å². The van der Waals surface area contributed by atoms with Gasteiger partial charge in [-0.1, -0.05) is 54.6 Å². The number of halogens is 2. The van der Waals surface area contributed by atoms with Crippen LogP contribution in [0.3, 0.4) is 0 Å². The van der Waals surface area contributed by atoms with Crippen molar-refractivity contribution in [1.82, 2.24) is 0 Å². The second-order valence-corrected chi connectivity index (χ2v) is 16.5. The Morgan fingerprint density at radius 2 is 1.03 bits per heavy atom. The minimum Gasteiger partial charge on any atom is -0.288 e. The van der Waals surface area contributed by atoms with E-state index in [1.54, 1.807) is 0 Å². The molecule has 4 rings (SSSR count). The van der Waals surface area contributed by atoms with E-state index in [0.29, 0.717) is 0 Å². The van der Waals surface area contributed by atoms with E-state index >= 15 is 0 Å². The highest BCUT2D eigenvalue weighted by Crippen LogP contribution is 2.77. The first kappa shape index (κ1) is 24.4. The van der Waals surface area contributed by atoms with Crippen LogP contribution < -0.4 is 9.11 Å². The van der Waals surface area contributed by atoms with Gasteiger partial charge >= 0.3 is 0 Å². The van der Waals surface area contributed by atoms with Gasteiger partial charge in [0.15, 0.2) is 11.4 Å². The Bertz CT molecular complexity index is 1150. The second-order valence-electron chi connectivity index (χ2n) is 8.24. The van der Waals surface area contributed by atoms with Crippen LogP contribution in [0.1, 0.15) is 33.4 Å². The highest BCUT2D eigenvalue weighted by molar-refractivity contribution is 14.2. The molecule has 0 N–H and O–H groups in total. The monoisotopic (exact) mass is 685 g/mol. The van der Waals surface area contributed by atoms with Gasteiger partial charge < -0.3 is 0 Å². The van der Waals surface area contributed by atoms with E-state index in [1.807, 2.05) is 0 Å². The third kappa shape index (κ3) is 4.35. The van der Waals surface area contributed by atoms with Crippen molar-refractivity contribution < 1.29 is 0 Å². The van der Waals surface area contributed by atoms with Gasteiger partial charge in [-0.3, -0.25) is 9.11 Å². The Balaban J connectivity index is 1.98. The van der Waals surface area contributed by atoms with Crippen LogP contribution in [0.25, 0.3) is 0 Å². The normalized spacial score (nSPS) is 19.8. The van der Waals surface area contributed by atoms with E-state index in [4.69, 9.17) is 4.99 Å². The van der Waals surface area contributed by atoms with Gasteiger partial charge in [0.25, 0.3) is 0 Å². The number of aryl methyl sites for hydroxylation is 6. The highest BCUT2D eigenvalue weighted by Gasteiger charge is 2.46. The molecule has 0 aliphatic carbocycles. The Morgan fingerprint density at radius 3 is 1.50 bits per heavy atom. The molecule has 7 heteroatoms. The zero-order chi connectivity index (χ0) is 23.2. The van der Waals surface area contributed by atoms with E-state index in [0.717, 1.165) is 5.69 Å². The number of hydrogen-bond donors (Lipinski definition) is 0. The molecule has 0 bridgehead atoms. The molecule has 1 saturated heterocycles. The first-order valence-electron chi connectivity index (χ1n) is 10.5. The maximum atomic E-state index is 5.40. The Morgan fingerprint density at radius 1 is 0.625 bits per heavy atom. The van der Waals surface area contributed by atoms with Gasteiger partial charge in [0, 0.05) is 0 Å². The van der Waals surface area contributed by atoms with Gasteiger partial charge in [0.2, 0.25) is 0 Å². The molecule has 0 aromatic heterocycles. The fourth-order valence-corrected chi connectivity index (χ4v) is 19.4. The summed E-state index contributed by atoms with van der Waals surface area (Å²) in [6.45, 7) is 13.2. The molecule has 0 spiro atoms. The van der Waals surface area contributed by atoms with Crippen molar-refractivity contribution in [3.05, 3.63) is 88.0 Å². The minimum atomic E-state index is -0.676. The highest BCUT2D eigenvalue weighted by atomic mass is 127. The Hall–Kier alpha value is -0.750. The van der Waals surface area contributed by atoms with E-state index in [1.165, 1.54) is 50.3 Å². The predicted octanol–water partition coefficient (Wildman–Crippen LogP) is 9.96. The number of nitrogens with zero attached hydrogens (tertiary/aromatic N) is 3. The predicted molar refractivity (Wildman–Crippen MR) is 162 cm³/mol. The maximum absolute atomic E-state index is 5.40. The van der Waals surface area contributed by atoms with Crippen molar-refractivity contribution in [2.75, 3.05) is 9.11 Å². The lowest BCUT2D eigenvalue weighted by Crippen LogP contribution is -2.19. The summed E-state index contributed by atoms with van der Waals surface area (Å²) in [4.78, 5) is 5.40. The lowest BCUT2D eigenvalue weighted by molar-refractivity contribution is 1.30. The molecule has 3 aromatic carbocycles. The smallest absolute Gasteiger partial charge is 0.174 e. The summed E-state index contributed by atoms with van der Waals surface area (Å²) >= 11 is 5.32. The molecule has 166 valence electrons. The van der Waals surface area contributed by atoms with Crippen molar-refractivity contribution in [3.8, 4) is 0 Å². The summed E-state index contributed by atoms with van der Waals surface area (Å²) in [5.74, 6) is -0.676. The molecule has 2 atom stereocenters. The van der Waals surface area contributed by atoms with Gasteiger partial charge in [-0.2, -0.15) is 0 Å². The van der Waals surface area contributed by atoms with Crippen LogP contribution in [-0.2, 0) is 0 Å². The average Bonchev–Trinajstić information content (AvgIpc) is 2.95. The maximum Gasteiger partial charge on any atom is 0.174 e. The topological polar surface area (TPSA) is 18.8 Å². The summed E-state index contributed by atoms with van der Waals surface area (Å²) in [5, 5.41) is 0. The summed E-state index contributed by atoms with van der Waals surface area (Å²) in [5.41, 5.74) is 12.0. The second kappa shape index (κ2) is 9.85. The summed E-state index contributed by atoms with van der Waals surface area (Å²) in [7, 11) is 0. The van der Waals surface area contributed by atoms with Gasteiger partial charge in [-0.15, -0.1) is 0 Å². The van der Waals surface area contributed by atoms with Crippen LogP contribution in [0.4, 0.5) is 17.1 Å². The largest absolute Gasteiger partial charge is 0.288 e. The Labute approximate surface area is 220 Å². The molecule has 2 unspecified atom stereocenters. The Kier molecular flexibility index (Phi) is 7.51. The molecule has 1 aliphatic rings. The first-order chi connectivity index (χ1) is 15.2. The third-order valence-electron chi connectivity index (χ3n) is 5.78. The van der Waals surface area contributed by atoms with Crippen LogP contribution in [0.2, 0.25) is 0 Å². The van der Waals surface area contributed by atoms with Crippen LogP contribution in [0.15, 0.2) is 59.6 Å². The number of amidine groups is 1. The molecule has 0 radical (unpaired) electrons. The molecule has 0 saturated carbocycles. The molecular weight excluding hydrogens is 658 g/mol. The first-order valence-corrected chi connectivity index (χ1v) is 18.6. The molecule has 1 fully saturated rings. The minimum absolute atomic E-state index is 0.676. The average molecular weight is 685 g/mol. The third-order valence-corrected chi connectivity index (χ3v) is 16.6. The van der Waals surface area contributed by atoms with Crippen molar-refractivity contribution >= 4 is 78.3 Å². The van der Waals surface area contributed by atoms with Crippen molar-refractivity contribution in [3.63, 3.8) is 0 Å². The fourth-order valence-electron chi connectivity index (χ4n) is 4.17. The number of para-hydroxylation sites is 3. The molecule has 3 nitrogen and oxygen atoms in total. The number of aliphatic imine (C=N–C) groups is 1. The van der Waals surface area contributed by atoms with Crippen molar-refractivity contribution in [2.45, 2.75) is 41.5 Å². The number of benzene rings is 3. The number of hydrogen-bond acceptors (Lipinski definition) is 2. The lowest BCUT2D eigenvalue weighted by atomic mass is 10.1. The summed E-state index contributed by atoms with van der Waals surface area (Å²) < 4.78 is 5.19. The van der Waals surface area contributed by atoms with E-state index < -0.39 is 11.6 Å². The summed E-state index contributed by atoms with van der Waals surface area (Å²) in [6, 6.07) is 19.6. The van der Waals surface area contributed by atoms with E-state index in [-0.39, 0.29) is 0 Å². The molecule has 1 aliphatic heterocycles.